The number of aromatic nitrogens is 2. The largest absolute Gasteiger partial charge is 0.478 e. The van der Waals surface area contributed by atoms with Crippen LogP contribution in [-0.4, -0.2) is 34.1 Å². The number of hydrogen-bond donors (Lipinski definition) is 1. The van der Waals surface area contributed by atoms with E-state index in [-0.39, 0.29) is 5.56 Å². The van der Waals surface area contributed by atoms with Crippen molar-refractivity contribution >= 4 is 33.3 Å². The topological polar surface area (TPSA) is 66.3 Å². The number of hydrogen-bond acceptors (Lipinski definition) is 5. The highest BCUT2D eigenvalue weighted by Crippen LogP contribution is 2.35. The van der Waals surface area contributed by atoms with Crippen molar-refractivity contribution in [2.24, 2.45) is 0 Å². The SMILES string of the molecule is O=C(O)c1cccnc1N1CCC(c2nc3ccccc3s2)CC1. The Labute approximate surface area is 143 Å². The van der Waals surface area contributed by atoms with Crippen LogP contribution in [0.25, 0.3) is 10.2 Å². The van der Waals surface area contributed by atoms with Gasteiger partial charge in [0.15, 0.2) is 0 Å². The number of carbonyl (C=O) groups is 1. The number of para-hydroxylation sites is 1. The number of piperidine rings is 1. The lowest BCUT2D eigenvalue weighted by Crippen LogP contribution is -2.34. The lowest BCUT2D eigenvalue weighted by atomic mass is 9.97. The van der Waals surface area contributed by atoms with Crippen molar-refractivity contribution in [3.8, 4) is 0 Å². The van der Waals surface area contributed by atoms with Gasteiger partial charge in [-0.1, -0.05) is 12.1 Å². The minimum absolute atomic E-state index is 0.274. The molecule has 1 aromatic carbocycles. The van der Waals surface area contributed by atoms with Crippen LogP contribution in [-0.2, 0) is 0 Å². The van der Waals surface area contributed by atoms with E-state index < -0.39 is 5.97 Å². The average molecular weight is 339 g/mol. The first-order chi connectivity index (χ1) is 11.7. The third kappa shape index (κ3) is 2.73. The van der Waals surface area contributed by atoms with Gasteiger partial charge in [0.1, 0.15) is 11.4 Å². The average Bonchev–Trinajstić information content (AvgIpc) is 3.06. The van der Waals surface area contributed by atoms with Gasteiger partial charge in [0.05, 0.1) is 15.2 Å². The van der Waals surface area contributed by atoms with Gasteiger partial charge in [-0.05, 0) is 37.1 Å². The van der Waals surface area contributed by atoms with Crippen LogP contribution in [0.2, 0.25) is 0 Å². The fraction of sp³-hybridized carbons (Fsp3) is 0.278. The Hall–Kier alpha value is -2.47. The van der Waals surface area contributed by atoms with Gasteiger partial charge < -0.3 is 10.0 Å². The molecule has 0 saturated carbocycles. The lowest BCUT2D eigenvalue weighted by Gasteiger charge is -2.32. The van der Waals surface area contributed by atoms with Crippen LogP contribution >= 0.6 is 11.3 Å². The maximum atomic E-state index is 11.4. The van der Waals surface area contributed by atoms with E-state index >= 15 is 0 Å². The number of pyridine rings is 1. The molecule has 0 amide bonds. The molecular weight excluding hydrogens is 322 g/mol. The monoisotopic (exact) mass is 339 g/mol. The van der Waals surface area contributed by atoms with E-state index in [1.165, 1.54) is 9.71 Å². The summed E-state index contributed by atoms with van der Waals surface area (Å²) in [6.07, 6.45) is 3.59. The number of aromatic carboxylic acids is 1. The van der Waals surface area contributed by atoms with Crippen molar-refractivity contribution in [2.45, 2.75) is 18.8 Å². The standard InChI is InChI=1S/C18H17N3O2S/c22-18(23)13-4-3-9-19-16(13)21-10-7-12(8-11-21)17-20-14-5-1-2-6-15(14)24-17/h1-6,9,12H,7-8,10-11H2,(H,22,23). The van der Waals surface area contributed by atoms with E-state index in [0.29, 0.717) is 11.7 Å². The van der Waals surface area contributed by atoms with Crippen LogP contribution in [0.3, 0.4) is 0 Å². The molecule has 1 aliphatic rings. The summed E-state index contributed by atoms with van der Waals surface area (Å²) in [5, 5.41) is 10.5. The van der Waals surface area contributed by atoms with E-state index in [1.54, 1.807) is 29.7 Å². The molecule has 0 spiro atoms. The Balaban J connectivity index is 1.52. The Bertz CT molecular complexity index is 852. The van der Waals surface area contributed by atoms with Crippen LogP contribution in [0.5, 0.6) is 0 Å². The molecule has 24 heavy (non-hydrogen) atoms. The molecule has 3 aromatic rings. The Morgan fingerprint density at radius 3 is 2.71 bits per heavy atom. The zero-order valence-corrected chi connectivity index (χ0v) is 13.9. The zero-order valence-electron chi connectivity index (χ0n) is 13.1. The first-order valence-corrected chi connectivity index (χ1v) is 8.83. The highest BCUT2D eigenvalue weighted by molar-refractivity contribution is 7.18. The number of benzene rings is 1. The van der Waals surface area contributed by atoms with Gasteiger partial charge in [0, 0.05) is 25.2 Å². The van der Waals surface area contributed by atoms with Crippen molar-refractivity contribution < 1.29 is 9.90 Å². The summed E-state index contributed by atoms with van der Waals surface area (Å²) in [6.45, 7) is 1.61. The highest BCUT2D eigenvalue weighted by Gasteiger charge is 2.26. The van der Waals surface area contributed by atoms with Gasteiger partial charge in [0.25, 0.3) is 0 Å². The summed E-state index contributed by atoms with van der Waals surface area (Å²) in [7, 11) is 0. The fourth-order valence-electron chi connectivity index (χ4n) is 3.22. The Kier molecular flexibility index (Phi) is 3.90. The molecule has 122 valence electrons. The number of rotatable bonds is 3. The summed E-state index contributed by atoms with van der Waals surface area (Å²) in [4.78, 5) is 22.5. The quantitative estimate of drug-likeness (QED) is 0.787. The fourth-order valence-corrected chi connectivity index (χ4v) is 4.36. The second-order valence-corrected chi connectivity index (χ2v) is 7.02. The first kappa shape index (κ1) is 15.1. The minimum atomic E-state index is -0.925. The molecule has 0 radical (unpaired) electrons. The van der Waals surface area contributed by atoms with Gasteiger partial charge in [0.2, 0.25) is 0 Å². The predicted octanol–water partition coefficient (Wildman–Crippen LogP) is 3.77. The summed E-state index contributed by atoms with van der Waals surface area (Å²) >= 11 is 1.77. The number of nitrogens with zero attached hydrogens (tertiary/aromatic N) is 3. The molecule has 0 bridgehead atoms. The molecule has 1 N–H and O–H groups in total. The lowest BCUT2D eigenvalue weighted by molar-refractivity contribution is 0.0697. The van der Waals surface area contributed by atoms with Gasteiger partial charge in [-0.25, -0.2) is 14.8 Å². The minimum Gasteiger partial charge on any atom is -0.478 e. The molecule has 6 heteroatoms. The normalized spacial score (nSPS) is 15.8. The van der Waals surface area contributed by atoms with E-state index in [9.17, 15) is 9.90 Å². The second-order valence-electron chi connectivity index (χ2n) is 5.96. The number of carboxylic acids is 1. The van der Waals surface area contributed by atoms with Crippen molar-refractivity contribution in [3.05, 3.63) is 53.2 Å². The third-order valence-electron chi connectivity index (χ3n) is 4.47. The summed E-state index contributed by atoms with van der Waals surface area (Å²) in [5.41, 5.74) is 1.34. The van der Waals surface area contributed by atoms with E-state index in [1.807, 2.05) is 12.1 Å². The van der Waals surface area contributed by atoms with Crippen LogP contribution < -0.4 is 4.90 Å². The van der Waals surface area contributed by atoms with Gasteiger partial charge >= 0.3 is 5.97 Å². The molecule has 1 saturated heterocycles. The third-order valence-corrected chi connectivity index (χ3v) is 5.67. The smallest absolute Gasteiger partial charge is 0.339 e. The molecule has 2 aromatic heterocycles. The van der Waals surface area contributed by atoms with Crippen LogP contribution in [0, 0.1) is 0 Å². The predicted molar refractivity (Wildman–Crippen MR) is 95.0 cm³/mol. The summed E-state index contributed by atoms with van der Waals surface area (Å²) in [6, 6.07) is 11.5. The molecule has 1 aliphatic heterocycles. The molecule has 1 fully saturated rings. The van der Waals surface area contributed by atoms with Crippen molar-refractivity contribution in [1.29, 1.82) is 0 Å². The highest BCUT2D eigenvalue weighted by atomic mass is 32.1. The maximum Gasteiger partial charge on any atom is 0.339 e. The molecule has 3 heterocycles. The van der Waals surface area contributed by atoms with E-state index in [2.05, 4.69) is 22.0 Å². The number of anilines is 1. The number of thiazole rings is 1. The van der Waals surface area contributed by atoms with Crippen LogP contribution in [0.1, 0.15) is 34.1 Å². The van der Waals surface area contributed by atoms with Gasteiger partial charge in [-0.2, -0.15) is 0 Å². The number of fused-ring (bicyclic) bond motifs is 1. The van der Waals surface area contributed by atoms with Crippen molar-refractivity contribution in [2.75, 3.05) is 18.0 Å². The molecular formula is C18H17N3O2S. The molecule has 0 atom stereocenters. The van der Waals surface area contributed by atoms with Gasteiger partial charge in [-0.3, -0.25) is 0 Å². The Morgan fingerprint density at radius 2 is 1.96 bits per heavy atom. The van der Waals surface area contributed by atoms with E-state index in [0.717, 1.165) is 31.4 Å². The second kappa shape index (κ2) is 6.20. The van der Waals surface area contributed by atoms with Crippen molar-refractivity contribution in [3.63, 3.8) is 0 Å². The van der Waals surface area contributed by atoms with Crippen LogP contribution in [0.4, 0.5) is 5.82 Å². The molecule has 0 unspecified atom stereocenters. The summed E-state index contributed by atoms with van der Waals surface area (Å²) in [5.74, 6) is 0.0924. The maximum absolute atomic E-state index is 11.4. The number of carboxylic acid groups (broad SMARTS) is 1. The summed E-state index contributed by atoms with van der Waals surface area (Å²) < 4.78 is 1.23. The van der Waals surface area contributed by atoms with Gasteiger partial charge in [-0.15, -0.1) is 11.3 Å². The Morgan fingerprint density at radius 1 is 1.17 bits per heavy atom. The van der Waals surface area contributed by atoms with Crippen LogP contribution in [0.15, 0.2) is 42.6 Å². The first-order valence-electron chi connectivity index (χ1n) is 8.01. The van der Waals surface area contributed by atoms with Crippen molar-refractivity contribution in [1.82, 2.24) is 9.97 Å². The zero-order chi connectivity index (χ0) is 16.5. The van der Waals surface area contributed by atoms with E-state index in [4.69, 9.17) is 4.98 Å². The molecule has 4 rings (SSSR count). The molecule has 5 nitrogen and oxygen atoms in total. The molecule has 0 aliphatic carbocycles.